The second-order valence-corrected chi connectivity index (χ2v) is 8.85. The van der Waals surface area contributed by atoms with Crippen LogP contribution in [0.1, 0.15) is 44.0 Å². The van der Waals surface area contributed by atoms with Gasteiger partial charge in [0.15, 0.2) is 5.78 Å². The summed E-state index contributed by atoms with van der Waals surface area (Å²) in [5, 5.41) is 30.9. The van der Waals surface area contributed by atoms with Gasteiger partial charge in [-0.05, 0) is 44.9 Å². The molecule has 0 unspecified atom stereocenters. The van der Waals surface area contributed by atoms with Crippen molar-refractivity contribution in [3.63, 3.8) is 0 Å². The fraction of sp³-hybridized carbons (Fsp3) is 0.625. The Morgan fingerprint density at radius 1 is 1.23 bits per heavy atom. The minimum atomic E-state index is -1.05. The van der Waals surface area contributed by atoms with Gasteiger partial charge in [-0.1, -0.05) is 24.6 Å². The quantitative estimate of drug-likeness (QED) is 0.310. The number of epoxide rings is 1. The van der Waals surface area contributed by atoms with Crippen LogP contribution in [0.15, 0.2) is 35.9 Å². The monoisotopic (exact) mass is 434 g/mol. The molecule has 1 aromatic rings. The molecule has 172 valence electrons. The van der Waals surface area contributed by atoms with Crippen molar-refractivity contribution in [1.29, 1.82) is 0 Å². The van der Waals surface area contributed by atoms with Crippen molar-refractivity contribution >= 4 is 5.78 Å². The summed E-state index contributed by atoms with van der Waals surface area (Å²) in [6.07, 6.45) is -0.623. The van der Waals surface area contributed by atoms with Crippen LogP contribution in [0.3, 0.4) is 0 Å². The number of methoxy groups -OCH3 is 1. The van der Waals surface area contributed by atoms with Gasteiger partial charge in [0.05, 0.1) is 49.8 Å². The van der Waals surface area contributed by atoms with Crippen LogP contribution < -0.4 is 4.74 Å². The molecular weight excluding hydrogens is 400 g/mol. The highest BCUT2D eigenvalue weighted by molar-refractivity contribution is 6.06. The molecule has 3 N–H and O–H groups in total. The van der Waals surface area contributed by atoms with Gasteiger partial charge in [0.1, 0.15) is 11.9 Å². The molecule has 1 aromatic carbocycles. The number of hydrogen-bond acceptors (Lipinski definition) is 7. The lowest BCUT2D eigenvalue weighted by Crippen LogP contribution is -2.50. The maximum Gasteiger partial charge on any atom is 0.189 e. The predicted molar refractivity (Wildman–Crippen MR) is 115 cm³/mol. The van der Waals surface area contributed by atoms with Crippen molar-refractivity contribution in [3.05, 3.63) is 41.5 Å². The van der Waals surface area contributed by atoms with E-state index in [4.69, 9.17) is 14.2 Å². The van der Waals surface area contributed by atoms with Crippen molar-refractivity contribution < 1.29 is 34.3 Å². The van der Waals surface area contributed by atoms with Crippen LogP contribution in [0.25, 0.3) is 0 Å². The van der Waals surface area contributed by atoms with Crippen molar-refractivity contribution in [2.24, 2.45) is 11.8 Å². The first-order chi connectivity index (χ1) is 14.7. The lowest BCUT2D eigenvalue weighted by Gasteiger charge is -2.38. The number of aliphatic hydroxyl groups is 3. The fourth-order valence-corrected chi connectivity index (χ4v) is 4.24. The van der Waals surface area contributed by atoms with E-state index < -0.39 is 24.4 Å². The molecule has 0 aliphatic carbocycles. The summed E-state index contributed by atoms with van der Waals surface area (Å²) < 4.78 is 16.8. The van der Waals surface area contributed by atoms with E-state index in [0.717, 1.165) is 5.57 Å². The van der Waals surface area contributed by atoms with Gasteiger partial charge in [-0.25, -0.2) is 0 Å². The third kappa shape index (κ3) is 5.73. The van der Waals surface area contributed by atoms with E-state index in [1.807, 2.05) is 13.8 Å². The summed E-state index contributed by atoms with van der Waals surface area (Å²) in [7, 11) is 1.52. The average Bonchev–Trinajstić information content (AvgIpc) is 3.51. The standard InChI is InChI=1S/C24H34O7/c1-13(9-18(26)17-7-5-6-8-19(17)29-4)10-20-23(28)22(27)16(12-30-20)11-21-24(31-21)14(2)15(3)25/h5-9,14-16,20-25,27-28H,10-12H2,1-4H3/b13-9+/t14-,15-,16-,20-,21-,22+,23-,24-/m0/s1. The second kappa shape index (κ2) is 10.2. The van der Waals surface area contributed by atoms with Crippen molar-refractivity contribution in [2.75, 3.05) is 13.7 Å². The molecule has 2 aliphatic rings. The molecule has 2 heterocycles. The van der Waals surface area contributed by atoms with E-state index in [1.54, 1.807) is 31.2 Å². The zero-order chi connectivity index (χ0) is 22.7. The Bertz CT molecular complexity index is 790. The van der Waals surface area contributed by atoms with E-state index in [9.17, 15) is 20.1 Å². The minimum absolute atomic E-state index is 0.0202. The average molecular weight is 435 g/mol. The predicted octanol–water partition coefficient (Wildman–Crippen LogP) is 2.13. The molecule has 0 aromatic heterocycles. The molecule has 0 spiro atoms. The van der Waals surface area contributed by atoms with E-state index in [-0.39, 0.29) is 29.8 Å². The highest BCUT2D eigenvalue weighted by Crippen LogP contribution is 2.38. The first-order valence-electron chi connectivity index (χ1n) is 10.9. The summed E-state index contributed by atoms with van der Waals surface area (Å²) in [6, 6.07) is 7.02. The van der Waals surface area contributed by atoms with Crippen LogP contribution in [-0.2, 0) is 9.47 Å². The summed E-state index contributed by atoms with van der Waals surface area (Å²) in [5.74, 6) is 0.122. The molecule has 0 radical (unpaired) electrons. The second-order valence-electron chi connectivity index (χ2n) is 8.85. The smallest absolute Gasteiger partial charge is 0.189 e. The number of ketones is 1. The first kappa shape index (κ1) is 23.9. The Morgan fingerprint density at radius 3 is 2.61 bits per heavy atom. The van der Waals surface area contributed by atoms with Crippen LogP contribution in [0, 0.1) is 11.8 Å². The zero-order valence-electron chi connectivity index (χ0n) is 18.6. The van der Waals surface area contributed by atoms with Gasteiger partial charge in [-0.15, -0.1) is 0 Å². The van der Waals surface area contributed by atoms with Crippen molar-refractivity contribution in [1.82, 2.24) is 0 Å². The number of allylic oxidation sites excluding steroid dienone is 1. The number of ether oxygens (including phenoxy) is 3. The van der Waals surface area contributed by atoms with Crippen molar-refractivity contribution in [3.8, 4) is 5.75 Å². The summed E-state index contributed by atoms with van der Waals surface area (Å²) in [6.45, 7) is 5.80. The molecule has 2 aliphatic heterocycles. The number of benzene rings is 1. The number of carbonyl (C=O) groups is 1. The molecular formula is C24H34O7. The van der Waals surface area contributed by atoms with Crippen LogP contribution in [0.2, 0.25) is 0 Å². The largest absolute Gasteiger partial charge is 0.496 e. The maximum atomic E-state index is 12.6. The van der Waals surface area contributed by atoms with Gasteiger partial charge in [0, 0.05) is 11.8 Å². The number of para-hydroxylation sites is 1. The number of aliphatic hydroxyl groups excluding tert-OH is 3. The summed E-state index contributed by atoms with van der Waals surface area (Å²) in [4.78, 5) is 12.6. The Balaban J connectivity index is 1.54. The van der Waals surface area contributed by atoms with E-state index in [2.05, 4.69) is 0 Å². The third-order valence-corrected chi connectivity index (χ3v) is 6.45. The van der Waals surface area contributed by atoms with Gasteiger partial charge in [-0.3, -0.25) is 4.79 Å². The number of rotatable bonds is 9. The van der Waals surface area contributed by atoms with E-state index in [0.29, 0.717) is 30.8 Å². The van der Waals surface area contributed by atoms with Gasteiger partial charge >= 0.3 is 0 Å². The molecule has 31 heavy (non-hydrogen) atoms. The Labute approximate surface area is 183 Å². The molecule has 0 saturated carbocycles. The topological polar surface area (TPSA) is 109 Å². The molecule has 3 rings (SSSR count). The number of carbonyl (C=O) groups excluding carboxylic acids is 1. The molecule has 7 heteroatoms. The van der Waals surface area contributed by atoms with Gasteiger partial charge < -0.3 is 29.5 Å². The summed E-state index contributed by atoms with van der Waals surface area (Å²) in [5.41, 5.74) is 1.22. The third-order valence-electron chi connectivity index (χ3n) is 6.45. The van der Waals surface area contributed by atoms with Gasteiger partial charge in [-0.2, -0.15) is 0 Å². The van der Waals surface area contributed by atoms with Crippen LogP contribution >= 0.6 is 0 Å². The molecule has 0 bridgehead atoms. The Hall–Kier alpha value is -1.77. The maximum absolute atomic E-state index is 12.6. The normalized spacial score (nSPS) is 32.9. The molecule has 0 amide bonds. The van der Waals surface area contributed by atoms with Crippen molar-refractivity contribution in [2.45, 2.75) is 70.2 Å². The lowest BCUT2D eigenvalue weighted by atomic mass is 9.85. The highest BCUT2D eigenvalue weighted by atomic mass is 16.6. The van der Waals surface area contributed by atoms with E-state index >= 15 is 0 Å². The Morgan fingerprint density at radius 2 is 1.94 bits per heavy atom. The highest BCUT2D eigenvalue weighted by Gasteiger charge is 2.48. The fourth-order valence-electron chi connectivity index (χ4n) is 4.24. The zero-order valence-corrected chi connectivity index (χ0v) is 18.6. The van der Waals surface area contributed by atoms with Crippen LogP contribution in [0.5, 0.6) is 5.75 Å². The Kier molecular flexibility index (Phi) is 7.88. The van der Waals surface area contributed by atoms with E-state index in [1.165, 1.54) is 13.2 Å². The molecule has 8 atom stereocenters. The lowest BCUT2D eigenvalue weighted by molar-refractivity contribution is -0.165. The SMILES string of the molecule is COc1ccccc1C(=O)/C=C(\C)C[C@@H]1OC[C@H](C[C@@H]2O[C@H]2[C@@H](C)[C@H](C)O)[C@@H](O)[C@H]1O. The first-order valence-corrected chi connectivity index (χ1v) is 10.9. The molecule has 2 saturated heterocycles. The molecule has 2 fully saturated rings. The van der Waals surface area contributed by atoms with Crippen LogP contribution in [-0.4, -0.2) is 71.4 Å². The minimum Gasteiger partial charge on any atom is -0.496 e. The van der Waals surface area contributed by atoms with Gasteiger partial charge in [0.25, 0.3) is 0 Å². The molecule has 7 nitrogen and oxygen atoms in total. The summed E-state index contributed by atoms with van der Waals surface area (Å²) >= 11 is 0. The van der Waals surface area contributed by atoms with Gasteiger partial charge in [0.2, 0.25) is 0 Å². The number of hydrogen-bond donors (Lipinski definition) is 3. The van der Waals surface area contributed by atoms with Crippen LogP contribution in [0.4, 0.5) is 0 Å².